The molecule has 0 aliphatic heterocycles. The van der Waals surface area contributed by atoms with Crippen molar-refractivity contribution >= 4 is 17.8 Å². The molecule has 0 saturated heterocycles. The quantitative estimate of drug-likeness (QED) is 0.803. The Morgan fingerprint density at radius 3 is 1.77 bits per heavy atom. The molecule has 2 amide bonds. The number of nitrogens with one attached hydrogen (secondary N) is 2. The Hall–Kier alpha value is -3.15. The number of hydrogen-bond donors (Lipinski definition) is 2. The van der Waals surface area contributed by atoms with Gasteiger partial charge in [-0.3, -0.25) is 20.4 Å². The first-order chi connectivity index (χ1) is 10.5. The Morgan fingerprint density at radius 1 is 0.773 bits per heavy atom. The number of carboxylic acid groups (broad SMARTS) is 1. The van der Waals surface area contributed by atoms with Crippen LogP contribution >= 0.6 is 0 Å². The minimum Gasteiger partial charge on any atom is -0.545 e. The molecule has 0 radical (unpaired) electrons. The highest BCUT2D eigenvalue weighted by molar-refractivity contribution is 6.05. The molecule has 0 aliphatic rings. The zero-order valence-electron chi connectivity index (χ0n) is 11.8. The van der Waals surface area contributed by atoms with Gasteiger partial charge >= 0.3 is 0 Å². The van der Waals surface area contributed by atoms with Crippen molar-refractivity contribution in [3.63, 3.8) is 0 Å². The smallest absolute Gasteiger partial charge is 0.270 e. The molecule has 0 unspecified atom stereocenters. The van der Waals surface area contributed by atoms with Crippen molar-refractivity contribution in [2.75, 3.05) is 0 Å². The summed E-state index contributed by atoms with van der Waals surface area (Å²) in [4.78, 5) is 34.9. The summed E-state index contributed by atoms with van der Waals surface area (Å²) in [6, 6.07) is 12.5. The number of hydrogen-bond acceptors (Lipinski definition) is 4. The lowest BCUT2D eigenvalue weighted by Crippen LogP contribution is -2.42. The molecule has 0 bridgehead atoms. The second kappa shape index (κ2) is 6.53. The van der Waals surface area contributed by atoms with Crippen LogP contribution in [0.5, 0.6) is 0 Å². The van der Waals surface area contributed by atoms with Gasteiger partial charge in [-0.1, -0.05) is 36.4 Å². The van der Waals surface area contributed by atoms with E-state index in [1.807, 2.05) is 0 Å². The molecular formula is C16H13N2O4-. The third kappa shape index (κ3) is 3.29. The van der Waals surface area contributed by atoms with Crippen LogP contribution in [0.1, 0.15) is 36.6 Å². The maximum atomic E-state index is 12.0. The zero-order valence-corrected chi connectivity index (χ0v) is 11.8. The molecule has 2 aromatic rings. The number of aromatic carboxylic acids is 1. The second-order valence-corrected chi connectivity index (χ2v) is 4.56. The van der Waals surface area contributed by atoms with Gasteiger partial charge in [0, 0.05) is 11.1 Å². The molecule has 2 N–H and O–H groups in total. The number of carbonyl (C=O) groups is 3. The SMILES string of the molecule is Cc1ccccc1C(=O)NNC(=O)c1ccccc1C(=O)[O-]. The number of amides is 2. The van der Waals surface area contributed by atoms with Crippen LogP contribution in [0.25, 0.3) is 0 Å². The van der Waals surface area contributed by atoms with E-state index in [0.717, 1.165) is 5.56 Å². The number of carbonyl (C=O) groups excluding carboxylic acids is 3. The Bertz CT molecular complexity index is 740. The zero-order chi connectivity index (χ0) is 16.1. The van der Waals surface area contributed by atoms with Crippen LogP contribution in [0, 0.1) is 6.92 Å². The van der Waals surface area contributed by atoms with Crippen molar-refractivity contribution in [1.29, 1.82) is 0 Å². The lowest BCUT2D eigenvalue weighted by atomic mass is 10.1. The Balaban J connectivity index is 2.09. The Labute approximate surface area is 126 Å². The first kappa shape index (κ1) is 15.2. The van der Waals surface area contributed by atoms with Gasteiger partial charge < -0.3 is 9.90 Å². The van der Waals surface area contributed by atoms with Crippen molar-refractivity contribution in [2.45, 2.75) is 6.92 Å². The summed E-state index contributed by atoms with van der Waals surface area (Å²) in [5, 5.41) is 11.0. The molecule has 0 saturated carbocycles. The topological polar surface area (TPSA) is 98.3 Å². The summed E-state index contributed by atoms with van der Waals surface area (Å²) in [6.07, 6.45) is 0. The number of aryl methyl sites for hydroxylation is 1. The number of benzene rings is 2. The van der Waals surface area contributed by atoms with Crippen molar-refractivity contribution in [2.24, 2.45) is 0 Å². The molecule has 0 fully saturated rings. The minimum atomic E-state index is -1.46. The molecule has 0 aliphatic carbocycles. The van der Waals surface area contributed by atoms with Gasteiger partial charge in [-0.2, -0.15) is 0 Å². The molecule has 2 aromatic carbocycles. The van der Waals surface area contributed by atoms with Gasteiger partial charge in [0.25, 0.3) is 11.8 Å². The summed E-state index contributed by atoms with van der Waals surface area (Å²) in [7, 11) is 0. The van der Waals surface area contributed by atoms with Crippen LogP contribution in [-0.4, -0.2) is 17.8 Å². The Kier molecular flexibility index (Phi) is 4.53. The van der Waals surface area contributed by atoms with Gasteiger partial charge in [-0.05, 0) is 24.6 Å². The van der Waals surface area contributed by atoms with Gasteiger partial charge in [0.1, 0.15) is 0 Å². The Morgan fingerprint density at radius 2 is 1.23 bits per heavy atom. The van der Waals surface area contributed by atoms with Crippen LogP contribution < -0.4 is 16.0 Å². The maximum Gasteiger partial charge on any atom is 0.270 e. The monoisotopic (exact) mass is 297 g/mol. The van der Waals surface area contributed by atoms with E-state index in [-0.39, 0.29) is 11.1 Å². The first-order valence-electron chi connectivity index (χ1n) is 6.47. The van der Waals surface area contributed by atoms with Gasteiger partial charge in [-0.15, -0.1) is 0 Å². The fraction of sp³-hybridized carbons (Fsp3) is 0.0625. The highest BCUT2D eigenvalue weighted by atomic mass is 16.4. The fourth-order valence-electron chi connectivity index (χ4n) is 1.93. The standard InChI is InChI=1S/C16H14N2O4/c1-10-6-2-3-7-11(10)14(19)17-18-15(20)12-8-4-5-9-13(12)16(21)22/h2-9H,1H3,(H,17,19)(H,18,20)(H,21,22)/p-1. The van der Waals surface area contributed by atoms with Gasteiger partial charge in [-0.25, -0.2) is 0 Å². The summed E-state index contributed by atoms with van der Waals surface area (Å²) in [5.41, 5.74) is 5.27. The highest BCUT2D eigenvalue weighted by Crippen LogP contribution is 2.08. The van der Waals surface area contributed by atoms with Crippen molar-refractivity contribution < 1.29 is 19.5 Å². The van der Waals surface area contributed by atoms with E-state index in [0.29, 0.717) is 5.56 Å². The van der Waals surface area contributed by atoms with Crippen LogP contribution in [0.3, 0.4) is 0 Å². The average molecular weight is 297 g/mol. The number of carboxylic acids is 1. The lowest BCUT2D eigenvalue weighted by molar-refractivity contribution is -0.255. The number of hydrazine groups is 1. The van der Waals surface area contributed by atoms with Crippen LogP contribution in [-0.2, 0) is 0 Å². The van der Waals surface area contributed by atoms with E-state index in [1.54, 1.807) is 31.2 Å². The van der Waals surface area contributed by atoms with Crippen LogP contribution in [0.4, 0.5) is 0 Å². The van der Waals surface area contributed by atoms with E-state index in [1.165, 1.54) is 24.3 Å². The molecule has 22 heavy (non-hydrogen) atoms. The first-order valence-corrected chi connectivity index (χ1v) is 6.47. The van der Waals surface area contributed by atoms with Gasteiger partial charge in [0.05, 0.1) is 11.5 Å². The van der Waals surface area contributed by atoms with Gasteiger partial charge in [0.15, 0.2) is 0 Å². The lowest BCUT2D eigenvalue weighted by Gasteiger charge is -2.12. The summed E-state index contributed by atoms with van der Waals surface area (Å²) in [6.45, 7) is 1.77. The predicted molar refractivity (Wildman–Crippen MR) is 76.9 cm³/mol. The summed E-state index contributed by atoms with van der Waals surface area (Å²) < 4.78 is 0. The molecular weight excluding hydrogens is 284 g/mol. The summed E-state index contributed by atoms with van der Waals surface area (Å²) in [5.74, 6) is -2.69. The van der Waals surface area contributed by atoms with Gasteiger partial charge in [0.2, 0.25) is 0 Å². The van der Waals surface area contributed by atoms with Crippen molar-refractivity contribution in [1.82, 2.24) is 10.9 Å². The molecule has 6 heteroatoms. The third-order valence-corrected chi connectivity index (χ3v) is 3.07. The van der Waals surface area contributed by atoms with Crippen LogP contribution in [0.15, 0.2) is 48.5 Å². The largest absolute Gasteiger partial charge is 0.545 e. The third-order valence-electron chi connectivity index (χ3n) is 3.07. The molecule has 112 valence electrons. The van der Waals surface area contributed by atoms with E-state index >= 15 is 0 Å². The minimum absolute atomic E-state index is 0.0902. The highest BCUT2D eigenvalue weighted by Gasteiger charge is 2.13. The van der Waals surface area contributed by atoms with E-state index in [4.69, 9.17) is 0 Å². The molecule has 0 aromatic heterocycles. The fourth-order valence-corrected chi connectivity index (χ4v) is 1.93. The molecule has 0 spiro atoms. The molecule has 2 rings (SSSR count). The molecule has 0 atom stereocenters. The molecule has 0 heterocycles. The van der Waals surface area contributed by atoms with Crippen molar-refractivity contribution in [3.8, 4) is 0 Å². The van der Waals surface area contributed by atoms with E-state index in [9.17, 15) is 19.5 Å². The summed E-state index contributed by atoms with van der Waals surface area (Å²) >= 11 is 0. The predicted octanol–water partition coefficient (Wildman–Crippen LogP) is 0.433. The van der Waals surface area contributed by atoms with Crippen LogP contribution in [0.2, 0.25) is 0 Å². The normalized spacial score (nSPS) is 9.86. The second-order valence-electron chi connectivity index (χ2n) is 4.56. The average Bonchev–Trinajstić information content (AvgIpc) is 2.52. The van der Waals surface area contributed by atoms with E-state index in [2.05, 4.69) is 10.9 Å². The maximum absolute atomic E-state index is 12.0. The molecule has 6 nitrogen and oxygen atoms in total. The van der Waals surface area contributed by atoms with E-state index < -0.39 is 17.8 Å². The number of rotatable bonds is 3. The van der Waals surface area contributed by atoms with Crippen molar-refractivity contribution in [3.05, 3.63) is 70.8 Å².